The highest BCUT2D eigenvalue weighted by molar-refractivity contribution is 5.65. The Hall–Kier alpha value is -4.00. The minimum Gasteiger partial charge on any atom is -0.457 e. The van der Waals surface area contributed by atoms with Gasteiger partial charge >= 0.3 is 6.36 Å². The number of rotatable bonds is 6. The van der Waals surface area contributed by atoms with Gasteiger partial charge in [0.25, 0.3) is 0 Å². The van der Waals surface area contributed by atoms with E-state index >= 15 is 0 Å². The molecule has 0 unspecified atom stereocenters. The van der Waals surface area contributed by atoms with Crippen LogP contribution in [0.25, 0.3) is 11.3 Å². The van der Waals surface area contributed by atoms with Gasteiger partial charge in [0.1, 0.15) is 23.1 Å². The molecule has 0 aliphatic carbocycles. The molecule has 0 saturated carbocycles. The molecule has 31 heavy (non-hydrogen) atoms. The van der Waals surface area contributed by atoms with Crippen LogP contribution in [0.4, 0.5) is 24.7 Å². The molecule has 1 heterocycles. The maximum atomic E-state index is 12.3. The molecule has 0 amide bonds. The summed E-state index contributed by atoms with van der Waals surface area (Å²) in [5.74, 6) is 1.79. The summed E-state index contributed by atoms with van der Waals surface area (Å²) in [6.45, 7) is 0. The third-order valence-electron chi connectivity index (χ3n) is 4.24. The quantitative estimate of drug-likeness (QED) is 0.357. The fraction of sp³-hybridized carbons (Fsp3) is 0.0417. The monoisotopic (exact) mass is 422 g/mol. The summed E-state index contributed by atoms with van der Waals surface area (Å²) in [6, 6.07) is 27.9. The van der Waals surface area contributed by atoms with Crippen molar-refractivity contribution in [2.24, 2.45) is 0 Å². The number of pyridine rings is 1. The molecule has 0 radical (unpaired) electrons. The van der Waals surface area contributed by atoms with E-state index in [1.807, 2.05) is 60.7 Å². The van der Waals surface area contributed by atoms with Crippen molar-refractivity contribution in [1.29, 1.82) is 0 Å². The SMILES string of the molecule is FC(F)(F)Oc1ccc(-c2cccc(Nc3ccc(Oc4ccccc4)cc3)n2)cc1. The average molecular weight is 422 g/mol. The molecule has 1 aromatic heterocycles. The number of nitrogens with zero attached hydrogens (tertiary/aromatic N) is 1. The number of anilines is 2. The normalized spacial score (nSPS) is 11.1. The number of alkyl halides is 3. The highest BCUT2D eigenvalue weighted by Gasteiger charge is 2.30. The largest absolute Gasteiger partial charge is 0.573 e. The van der Waals surface area contributed by atoms with Crippen molar-refractivity contribution in [3.8, 4) is 28.5 Å². The van der Waals surface area contributed by atoms with Crippen LogP contribution in [-0.2, 0) is 0 Å². The first-order valence-corrected chi connectivity index (χ1v) is 9.38. The molecule has 4 nitrogen and oxygen atoms in total. The molecular weight excluding hydrogens is 405 g/mol. The van der Waals surface area contributed by atoms with Gasteiger partial charge in [-0.15, -0.1) is 13.2 Å². The number of aromatic nitrogens is 1. The van der Waals surface area contributed by atoms with Gasteiger partial charge in [0.2, 0.25) is 0 Å². The zero-order chi connectivity index (χ0) is 21.7. The lowest BCUT2D eigenvalue weighted by atomic mass is 10.1. The van der Waals surface area contributed by atoms with E-state index in [1.165, 1.54) is 24.3 Å². The smallest absolute Gasteiger partial charge is 0.457 e. The number of benzene rings is 3. The minimum atomic E-state index is -4.72. The van der Waals surface area contributed by atoms with Crippen LogP contribution in [0, 0.1) is 0 Å². The number of halogens is 3. The Morgan fingerprint density at radius 2 is 1.29 bits per heavy atom. The predicted molar refractivity (Wildman–Crippen MR) is 113 cm³/mol. The summed E-state index contributed by atoms with van der Waals surface area (Å²) < 4.78 is 46.6. The van der Waals surface area contributed by atoms with E-state index in [1.54, 1.807) is 12.1 Å². The molecule has 0 fully saturated rings. The summed E-state index contributed by atoms with van der Waals surface area (Å²) in [7, 11) is 0. The molecule has 0 saturated heterocycles. The molecule has 0 spiro atoms. The summed E-state index contributed by atoms with van der Waals surface area (Å²) in [5.41, 5.74) is 2.11. The van der Waals surface area contributed by atoms with E-state index in [9.17, 15) is 13.2 Å². The zero-order valence-electron chi connectivity index (χ0n) is 16.1. The van der Waals surface area contributed by atoms with Gasteiger partial charge in [0.05, 0.1) is 5.69 Å². The molecule has 0 atom stereocenters. The molecule has 4 rings (SSSR count). The molecular formula is C24H17F3N2O2. The van der Waals surface area contributed by atoms with Crippen LogP contribution >= 0.6 is 0 Å². The lowest BCUT2D eigenvalue weighted by Gasteiger charge is -2.11. The van der Waals surface area contributed by atoms with Crippen LogP contribution in [0.1, 0.15) is 0 Å². The van der Waals surface area contributed by atoms with Crippen molar-refractivity contribution in [3.05, 3.63) is 97.1 Å². The van der Waals surface area contributed by atoms with Crippen molar-refractivity contribution in [2.45, 2.75) is 6.36 Å². The molecule has 7 heteroatoms. The first-order valence-electron chi connectivity index (χ1n) is 9.38. The zero-order valence-corrected chi connectivity index (χ0v) is 16.1. The van der Waals surface area contributed by atoms with Crippen molar-refractivity contribution in [3.63, 3.8) is 0 Å². The van der Waals surface area contributed by atoms with Gasteiger partial charge in [-0.3, -0.25) is 0 Å². The highest BCUT2D eigenvalue weighted by Crippen LogP contribution is 2.27. The van der Waals surface area contributed by atoms with Gasteiger partial charge in [0, 0.05) is 11.3 Å². The standard InChI is InChI=1S/C24H17F3N2O2/c25-24(26,27)31-21-13-9-17(10-14-21)22-7-4-8-23(29-22)28-18-11-15-20(16-12-18)30-19-5-2-1-3-6-19/h1-16H,(H,28,29). The molecule has 1 N–H and O–H groups in total. The van der Waals surface area contributed by atoms with Gasteiger partial charge in [0.15, 0.2) is 0 Å². The molecule has 0 aliphatic rings. The number of ether oxygens (including phenoxy) is 2. The molecule has 156 valence electrons. The van der Waals surface area contributed by atoms with Crippen LogP contribution in [0.5, 0.6) is 17.2 Å². The van der Waals surface area contributed by atoms with E-state index in [2.05, 4.69) is 15.0 Å². The molecule has 3 aromatic carbocycles. The Morgan fingerprint density at radius 1 is 0.645 bits per heavy atom. The van der Waals surface area contributed by atoms with Crippen LogP contribution in [-0.4, -0.2) is 11.3 Å². The Balaban J connectivity index is 1.44. The molecule has 4 aromatic rings. The number of para-hydroxylation sites is 1. The first kappa shape index (κ1) is 20.3. The first-order chi connectivity index (χ1) is 14.9. The summed E-state index contributed by atoms with van der Waals surface area (Å²) in [6.07, 6.45) is -4.72. The fourth-order valence-corrected chi connectivity index (χ4v) is 2.87. The average Bonchev–Trinajstić information content (AvgIpc) is 2.76. The van der Waals surface area contributed by atoms with E-state index in [4.69, 9.17) is 4.74 Å². The number of hydrogen-bond donors (Lipinski definition) is 1. The van der Waals surface area contributed by atoms with Gasteiger partial charge in [-0.1, -0.05) is 24.3 Å². The number of hydrogen-bond acceptors (Lipinski definition) is 4. The maximum absolute atomic E-state index is 12.3. The van der Waals surface area contributed by atoms with Crippen LogP contribution in [0.3, 0.4) is 0 Å². The van der Waals surface area contributed by atoms with Crippen molar-refractivity contribution < 1.29 is 22.6 Å². The predicted octanol–water partition coefficient (Wildman–Crippen LogP) is 7.18. The Kier molecular flexibility index (Phi) is 5.75. The van der Waals surface area contributed by atoms with E-state index in [-0.39, 0.29) is 5.75 Å². The third-order valence-corrected chi connectivity index (χ3v) is 4.24. The Labute approximate surface area is 176 Å². The third kappa shape index (κ3) is 5.76. The van der Waals surface area contributed by atoms with E-state index in [0.717, 1.165) is 11.4 Å². The summed E-state index contributed by atoms with van der Waals surface area (Å²) in [5, 5.41) is 3.21. The van der Waals surface area contributed by atoms with Crippen molar-refractivity contribution in [1.82, 2.24) is 4.98 Å². The minimum absolute atomic E-state index is 0.275. The molecule has 0 aliphatic heterocycles. The topological polar surface area (TPSA) is 43.4 Å². The lowest BCUT2D eigenvalue weighted by Crippen LogP contribution is -2.16. The van der Waals surface area contributed by atoms with Gasteiger partial charge in [-0.2, -0.15) is 0 Å². The second-order valence-electron chi connectivity index (χ2n) is 6.54. The Morgan fingerprint density at radius 3 is 1.97 bits per heavy atom. The lowest BCUT2D eigenvalue weighted by molar-refractivity contribution is -0.274. The second kappa shape index (κ2) is 8.79. The van der Waals surface area contributed by atoms with Crippen LogP contribution in [0.15, 0.2) is 97.1 Å². The van der Waals surface area contributed by atoms with E-state index < -0.39 is 6.36 Å². The van der Waals surface area contributed by atoms with Crippen molar-refractivity contribution >= 4 is 11.5 Å². The van der Waals surface area contributed by atoms with Gasteiger partial charge in [-0.25, -0.2) is 4.98 Å². The molecule has 0 bridgehead atoms. The van der Waals surface area contributed by atoms with Gasteiger partial charge < -0.3 is 14.8 Å². The maximum Gasteiger partial charge on any atom is 0.573 e. The van der Waals surface area contributed by atoms with Gasteiger partial charge in [-0.05, 0) is 72.8 Å². The summed E-state index contributed by atoms with van der Waals surface area (Å²) in [4.78, 5) is 4.53. The highest BCUT2D eigenvalue weighted by atomic mass is 19.4. The number of nitrogens with one attached hydrogen (secondary N) is 1. The second-order valence-corrected chi connectivity index (χ2v) is 6.54. The van der Waals surface area contributed by atoms with Crippen molar-refractivity contribution in [2.75, 3.05) is 5.32 Å². The van der Waals surface area contributed by atoms with Crippen LogP contribution in [0.2, 0.25) is 0 Å². The van der Waals surface area contributed by atoms with E-state index in [0.29, 0.717) is 22.8 Å². The van der Waals surface area contributed by atoms with Crippen LogP contribution < -0.4 is 14.8 Å². The fourth-order valence-electron chi connectivity index (χ4n) is 2.87. The Bertz CT molecular complexity index is 1130. The summed E-state index contributed by atoms with van der Waals surface area (Å²) >= 11 is 0.